The second-order valence-corrected chi connectivity index (χ2v) is 7.52. The van der Waals surface area contributed by atoms with Gasteiger partial charge in [-0.05, 0) is 62.5 Å². The molecule has 2 aliphatic carbocycles. The van der Waals surface area contributed by atoms with Crippen molar-refractivity contribution in [3.05, 3.63) is 30.1 Å². The van der Waals surface area contributed by atoms with E-state index in [4.69, 9.17) is 0 Å². The molecule has 0 bridgehead atoms. The molecule has 24 heavy (non-hydrogen) atoms. The molecule has 0 unspecified atom stereocenters. The van der Waals surface area contributed by atoms with Crippen molar-refractivity contribution in [3.8, 4) is 0 Å². The second kappa shape index (κ2) is 6.54. The Kier molecular flexibility index (Phi) is 4.25. The first-order valence-electron chi connectivity index (χ1n) is 9.22. The van der Waals surface area contributed by atoms with E-state index in [1.807, 2.05) is 4.90 Å². The lowest BCUT2D eigenvalue weighted by molar-refractivity contribution is -0.127. The number of pyridine rings is 1. The lowest BCUT2D eigenvalue weighted by atomic mass is 9.94. The Labute approximate surface area is 142 Å². The third kappa shape index (κ3) is 3.45. The van der Waals surface area contributed by atoms with Crippen molar-refractivity contribution in [1.82, 2.24) is 15.2 Å². The topological polar surface area (TPSA) is 62.3 Å². The van der Waals surface area contributed by atoms with Crippen LogP contribution in [0.15, 0.2) is 24.5 Å². The highest BCUT2D eigenvalue weighted by molar-refractivity contribution is 5.94. The maximum atomic E-state index is 12.6. The van der Waals surface area contributed by atoms with E-state index in [1.165, 1.54) is 25.7 Å². The summed E-state index contributed by atoms with van der Waals surface area (Å²) in [6.45, 7) is 1.31. The summed E-state index contributed by atoms with van der Waals surface area (Å²) >= 11 is 0. The SMILES string of the molecule is O=C(NC(C1CC1)C1CC1)C1CCN(C(=O)c2cccnc2)CC1. The molecule has 1 aromatic rings. The van der Waals surface area contributed by atoms with Gasteiger partial charge in [-0.25, -0.2) is 0 Å². The molecule has 0 aromatic carbocycles. The first-order chi connectivity index (χ1) is 11.7. The van der Waals surface area contributed by atoms with Gasteiger partial charge in [-0.1, -0.05) is 0 Å². The number of carbonyl (C=O) groups excluding carboxylic acids is 2. The highest BCUT2D eigenvalue weighted by Gasteiger charge is 2.43. The van der Waals surface area contributed by atoms with E-state index in [0.717, 1.165) is 24.7 Å². The van der Waals surface area contributed by atoms with Gasteiger partial charge in [-0.3, -0.25) is 14.6 Å². The monoisotopic (exact) mass is 327 g/mol. The van der Waals surface area contributed by atoms with Crippen LogP contribution in [-0.4, -0.2) is 40.8 Å². The Morgan fingerprint density at radius 1 is 1.08 bits per heavy atom. The number of likely N-dealkylation sites (tertiary alicyclic amines) is 1. The molecule has 0 radical (unpaired) electrons. The normalized spacial score (nSPS) is 21.8. The van der Waals surface area contributed by atoms with Gasteiger partial charge in [-0.15, -0.1) is 0 Å². The Morgan fingerprint density at radius 3 is 2.29 bits per heavy atom. The van der Waals surface area contributed by atoms with Crippen LogP contribution >= 0.6 is 0 Å². The van der Waals surface area contributed by atoms with Crippen LogP contribution < -0.4 is 5.32 Å². The van der Waals surface area contributed by atoms with Gasteiger partial charge in [0.1, 0.15) is 0 Å². The van der Waals surface area contributed by atoms with Gasteiger partial charge in [0.05, 0.1) is 5.56 Å². The molecular formula is C19H25N3O2. The van der Waals surface area contributed by atoms with Crippen LogP contribution in [0.1, 0.15) is 48.9 Å². The Balaban J connectivity index is 1.29. The lowest BCUT2D eigenvalue weighted by Crippen LogP contribution is -2.46. The number of carbonyl (C=O) groups is 2. The van der Waals surface area contributed by atoms with Crippen LogP contribution in [0.4, 0.5) is 0 Å². The van der Waals surface area contributed by atoms with Crippen molar-refractivity contribution < 1.29 is 9.59 Å². The number of amides is 2. The van der Waals surface area contributed by atoms with E-state index in [1.54, 1.807) is 24.5 Å². The van der Waals surface area contributed by atoms with Gasteiger partial charge in [0, 0.05) is 37.4 Å². The highest BCUT2D eigenvalue weighted by Crippen LogP contribution is 2.44. The average molecular weight is 327 g/mol. The maximum Gasteiger partial charge on any atom is 0.255 e. The molecule has 3 aliphatic rings. The van der Waals surface area contributed by atoms with Crippen LogP contribution in [-0.2, 0) is 4.79 Å². The summed E-state index contributed by atoms with van der Waals surface area (Å²) in [6, 6.07) is 4.00. The van der Waals surface area contributed by atoms with E-state index in [9.17, 15) is 9.59 Å². The van der Waals surface area contributed by atoms with Crippen molar-refractivity contribution in [2.24, 2.45) is 17.8 Å². The largest absolute Gasteiger partial charge is 0.353 e. The second-order valence-electron chi connectivity index (χ2n) is 7.52. The smallest absolute Gasteiger partial charge is 0.255 e. The third-order valence-corrected chi connectivity index (χ3v) is 5.63. The Morgan fingerprint density at radius 2 is 1.75 bits per heavy atom. The van der Waals surface area contributed by atoms with Crippen LogP contribution in [0.3, 0.4) is 0 Å². The van der Waals surface area contributed by atoms with Crippen LogP contribution in [0.5, 0.6) is 0 Å². The standard InChI is InChI=1S/C19H25N3O2/c23-18(21-17(13-3-4-13)14-5-6-14)15-7-10-22(11-8-15)19(24)16-2-1-9-20-12-16/h1-2,9,12-15,17H,3-8,10-11H2,(H,21,23). The number of nitrogens with zero attached hydrogens (tertiary/aromatic N) is 2. The number of rotatable bonds is 5. The van der Waals surface area contributed by atoms with Crippen molar-refractivity contribution in [2.45, 2.75) is 44.6 Å². The minimum absolute atomic E-state index is 0.0239. The molecule has 5 heteroatoms. The number of aromatic nitrogens is 1. The summed E-state index contributed by atoms with van der Waals surface area (Å²) in [5.74, 6) is 1.76. The van der Waals surface area contributed by atoms with E-state index in [2.05, 4.69) is 10.3 Å². The molecular weight excluding hydrogens is 302 g/mol. The minimum Gasteiger partial charge on any atom is -0.353 e. The Bertz CT molecular complexity index is 590. The molecule has 3 fully saturated rings. The van der Waals surface area contributed by atoms with Gasteiger partial charge in [0.25, 0.3) is 5.91 Å². The van der Waals surface area contributed by atoms with E-state index in [-0.39, 0.29) is 17.7 Å². The van der Waals surface area contributed by atoms with Crippen molar-refractivity contribution >= 4 is 11.8 Å². The van der Waals surface area contributed by atoms with Gasteiger partial charge in [-0.2, -0.15) is 0 Å². The van der Waals surface area contributed by atoms with Crippen molar-refractivity contribution in [1.29, 1.82) is 0 Å². The molecule has 1 aliphatic heterocycles. The average Bonchev–Trinajstić information content (AvgIpc) is 3.53. The molecule has 0 spiro atoms. The minimum atomic E-state index is 0.0239. The molecule has 1 saturated heterocycles. The first-order valence-corrected chi connectivity index (χ1v) is 9.22. The molecule has 4 rings (SSSR count). The fourth-order valence-electron chi connectivity index (χ4n) is 3.83. The van der Waals surface area contributed by atoms with Crippen molar-refractivity contribution in [3.63, 3.8) is 0 Å². The van der Waals surface area contributed by atoms with Gasteiger partial charge >= 0.3 is 0 Å². The summed E-state index contributed by atoms with van der Waals surface area (Å²) in [6.07, 6.45) is 9.91. The van der Waals surface area contributed by atoms with Gasteiger partial charge in [0.15, 0.2) is 0 Å². The fourth-order valence-corrected chi connectivity index (χ4v) is 3.83. The zero-order valence-corrected chi connectivity index (χ0v) is 14.0. The molecule has 128 valence electrons. The summed E-state index contributed by atoms with van der Waals surface area (Å²) in [5, 5.41) is 3.33. The predicted octanol–water partition coefficient (Wildman–Crippen LogP) is 2.24. The molecule has 0 atom stereocenters. The van der Waals surface area contributed by atoms with E-state index < -0.39 is 0 Å². The summed E-state index contributed by atoms with van der Waals surface area (Å²) in [4.78, 5) is 30.9. The molecule has 5 nitrogen and oxygen atoms in total. The van der Waals surface area contributed by atoms with Crippen LogP contribution in [0.2, 0.25) is 0 Å². The molecule has 2 saturated carbocycles. The number of nitrogens with one attached hydrogen (secondary N) is 1. The Hall–Kier alpha value is -1.91. The number of piperidine rings is 1. The van der Waals surface area contributed by atoms with E-state index >= 15 is 0 Å². The zero-order valence-electron chi connectivity index (χ0n) is 14.0. The number of hydrogen-bond donors (Lipinski definition) is 1. The van der Waals surface area contributed by atoms with Crippen LogP contribution in [0, 0.1) is 17.8 Å². The zero-order chi connectivity index (χ0) is 16.5. The summed E-state index contributed by atoms with van der Waals surface area (Å²) < 4.78 is 0. The fraction of sp³-hybridized carbons (Fsp3) is 0.632. The van der Waals surface area contributed by atoms with Gasteiger partial charge < -0.3 is 10.2 Å². The molecule has 2 amide bonds. The van der Waals surface area contributed by atoms with E-state index in [0.29, 0.717) is 24.7 Å². The lowest BCUT2D eigenvalue weighted by Gasteiger charge is -2.32. The summed E-state index contributed by atoms with van der Waals surface area (Å²) in [5.41, 5.74) is 0.628. The third-order valence-electron chi connectivity index (χ3n) is 5.63. The van der Waals surface area contributed by atoms with Crippen molar-refractivity contribution in [2.75, 3.05) is 13.1 Å². The molecule has 2 heterocycles. The first kappa shape index (κ1) is 15.6. The molecule has 1 aromatic heterocycles. The maximum absolute atomic E-state index is 12.6. The number of hydrogen-bond acceptors (Lipinski definition) is 3. The summed E-state index contributed by atoms with van der Waals surface area (Å²) in [7, 11) is 0. The molecule has 1 N–H and O–H groups in total. The van der Waals surface area contributed by atoms with Crippen LogP contribution in [0.25, 0.3) is 0 Å². The quantitative estimate of drug-likeness (QED) is 0.902. The van der Waals surface area contributed by atoms with Gasteiger partial charge in [0.2, 0.25) is 5.91 Å². The predicted molar refractivity (Wildman–Crippen MR) is 90.2 cm³/mol. The highest BCUT2D eigenvalue weighted by atomic mass is 16.2.